The zero-order valence-corrected chi connectivity index (χ0v) is 20.1. The average molecular weight is 513 g/mol. The van der Waals surface area contributed by atoms with E-state index in [-0.39, 0.29) is 25.2 Å². The van der Waals surface area contributed by atoms with Crippen molar-refractivity contribution in [1.29, 1.82) is 0 Å². The lowest BCUT2D eigenvalue weighted by atomic mass is 9.92. The second kappa shape index (κ2) is 10.6. The van der Waals surface area contributed by atoms with Crippen LogP contribution in [0.3, 0.4) is 0 Å². The van der Waals surface area contributed by atoms with Crippen molar-refractivity contribution in [3.8, 4) is 5.75 Å². The Bertz CT molecular complexity index is 1340. The highest BCUT2D eigenvalue weighted by atomic mass is 35.5. The maximum Gasteiger partial charge on any atom is 0.170 e. The van der Waals surface area contributed by atoms with Crippen molar-refractivity contribution < 1.29 is 33.6 Å². The molecule has 4 aromatic rings. The summed E-state index contributed by atoms with van der Waals surface area (Å²) in [6, 6.07) is 19.7. The quantitative estimate of drug-likeness (QED) is 0.325. The molecule has 8 heteroatoms. The Morgan fingerprint density at radius 2 is 1.83 bits per heavy atom. The van der Waals surface area contributed by atoms with E-state index in [4.69, 9.17) is 25.5 Å². The van der Waals surface area contributed by atoms with Crippen LogP contribution in [0, 0.1) is 5.82 Å². The van der Waals surface area contributed by atoms with Crippen LogP contribution in [-0.4, -0.2) is 40.2 Å². The SMILES string of the molecule is OC[C@H]1O[C@@H](c2ccc(Cl)c(Cc3ccc(OCc4cc5cccc(F)c5o4)cc3)c2)C[C@@H](O)[C@@H]1O. The number of furan rings is 1. The van der Waals surface area contributed by atoms with E-state index in [0.717, 1.165) is 16.7 Å². The van der Waals surface area contributed by atoms with Crippen molar-refractivity contribution in [2.24, 2.45) is 0 Å². The van der Waals surface area contributed by atoms with Gasteiger partial charge < -0.3 is 29.2 Å². The Kier molecular flexibility index (Phi) is 7.27. The second-order valence-corrected chi connectivity index (χ2v) is 9.38. The highest BCUT2D eigenvalue weighted by molar-refractivity contribution is 6.31. The van der Waals surface area contributed by atoms with E-state index in [1.165, 1.54) is 6.07 Å². The van der Waals surface area contributed by atoms with Gasteiger partial charge in [-0.05, 0) is 53.4 Å². The van der Waals surface area contributed by atoms with Crippen LogP contribution < -0.4 is 4.74 Å². The Labute approximate surface area is 212 Å². The molecule has 36 heavy (non-hydrogen) atoms. The number of ether oxygens (including phenoxy) is 2. The van der Waals surface area contributed by atoms with E-state index in [1.807, 2.05) is 36.4 Å². The number of aliphatic hydroxyl groups is 3. The molecule has 6 nitrogen and oxygen atoms in total. The van der Waals surface area contributed by atoms with Gasteiger partial charge in [-0.25, -0.2) is 4.39 Å². The Balaban J connectivity index is 1.24. The van der Waals surface area contributed by atoms with E-state index < -0.39 is 30.2 Å². The smallest absolute Gasteiger partial charge is 0.170 e. The molecule has 3 N–H and O–H groups in total. The summed E-state index contributed by atoms with van der Waals surface area (Å²) in [6.45, 7) is -0.199. The van der Waals surface area contributed by atoms with E-state index in [9.17, 15) is 19.7 Å². The third-order valence-electron chi connectivity index (χ3n) is 6.44. The fourth-order valence-corrected chi connectivity index (χ4v) is 4.66. The fraction of sp³-hybridized carbons (Fsp3) is 0.286. The molecule has 0 saturated carbocycles. The lowest BCUT2D eigenvalue weighted by molar-refractivity contribution is -0.181. The highest BCUT2D eigenvalue weighted by Gasteiger charge is 2.37. The van der Waals surface area contributed by atoms with Crippen molar-refractivity contribution in [2.45, 2.75) is 43.9 Å². The number of halogens is 2. The van der Waals surface area contributed by atoms with Crippen molar-refractivity contribution >= 4 is 22.6 Å². The summed E-state index contributed by atoms with van der Waals surface area (Å²) in [4.78, 5) is 0. The van der Waals surface area contributed by atoms with Gasteiger partial charge >= 0.3 is 0 Å². The Morgan fingerprint density at radius 1 is 1.03 bits per heavy atom. The number of aliphatic hydroxyl groups excluding tert-OH is 3. The molecule has 3 aromatic carbocycles. The zero-order valence-electron chi connectivity index (χ0n) is 19.3. The van der Waals surface area contributed by atoms with Crippen molar-refractivity contribution in [2.75, 3.05) is 6.61 Å². The van der Waals surface area contributed by atoms with Gasteiger partial charge in [-0.1, -0.05) is 48.0 Å². The Morgan fingerprint density at radius 3 is 2.58 bits per heavy atom. The molecule has 0 spiro atoms. The first-order valence-corrected chi connectivity index (χ1v) is 12.1. The monoisotopic (exact) mass is 512 g/mol. The molecule has 188 valence electrons. The summed E-state index contributed by atoms with van der Waals surface area (Å²) in [7, 11) is 0. The van der Waals surface area contributed by atoms with E-state index in [0.29, 0.717) is 28.3 Å². The van der Waals surface area contributed by atoms with E-state index in [1.54, 1.807) is 24.3 Å². The molecule has 1 aliphatic heterocycles. The van der Waals surface area contributed by atoms with Gasteiger partial charge in [-0.15, -0.1) is 0 Å². The number of rotatable bonds is 7. The minimum absolute atomic E-state index is 0.179. The molecule has 5 rings (SSSR count). The molecule has 4 atom stereocenters. The molecule has 0 amide bonds. The standard InChI is InChI=1S/C28H26ClFO6/c29-22-9-6-17(25-13-24(32)27(33)26(14-31)36-25)11-19(22)10-16-4-7-20(8-5-16)34-15-21-12-18-2-1-3-23(30)28(18)35-21/h1-9,11-12,24-27,31-33H,10,13-15H2/t24-,25-,26-,27+/m1/s1. The van der Waals surface area contributed by atoms with Gasteiger partial charge in [0, 0.05) is 16.8 Å². The predicted octanol–water partition coefficient (Wildman–Crippen LogP) is 4.94. The lowest BCUT2D eigenvalue weighted by Gasteiger charge is -2.36. The van der Waals surface area contributed by atoms with Gasteiger partial charge in [0.2, 0.25) is 0 Å². The molecule has 1 fully saturated rings. The van der Waals surface area contributed by atoms with Crippen LogP contribution in [0.2, 0.25) is 5.02 Å². The number of para-hydroxylation sites is 1. The van der Waals surface area contributed by atoms with Crippen LogP contribution in [0.4, 0.5) is 4.39 Å². The number of fused-ring (bicyclic) bond motifs is 1. The first-order chi connectivity index (χ1) is 17.4. The maximum atomic E-state index is 13.8. The first-order valence-electron chi connectivity index (χ1n) is 11.7. The molecule has 2 heterocycles. The normalized spacial score (nSPS) is 22.1. The third-order valence-corrected chi connectivity index (χ3v) is 6.81. The molecular formula is C28H26ClFO6. The summed E-state index contributed by atoms with van der Waals surface area (Å²) in [5, 5.41) is 30.9. The molecule has 0 radical (unpaired) electrons. The largest absolute Gasteiger partial charge is 0.486 e. The van der Waals surface area contributed by atoms with Crippen LogP contribution in [0.15, 0.2) is 71.1 Å². The van der Waals surface area contributed by atoms with Crippen LogP contribution in [0.25, 0.3) is 11.0 Å². The third kappa shape index (κ3) is 5.26. The molecule has 0 aliphatic carbocycles. The van der Waals surface area contributed by atoms with Gasteiger partial charge in [0.15, 0.2) is 11.4 Å². The van der Waals surface area contributed by atoms with Gasteiger partial charge in [-0.2, -0.15) is 0 Å². The number of benzene rings is 3. The summed E-state index contributed by atoms with van der Waals surface area (Å²) in [6.07, 6.45) is -2.61. The van der Waals surface area contributed by atoms with Crippen molar-refractivity contribution in [3.63, 3.8) is 0 Å². The van der Waals surface area contributed by atoms with E-state index in [2.05, 4.69) is 0 Å². The van der Waals surface area contributed by atoms with Crippen molar-refractivity contribution in [1.82, 2.24) is 0 Å². The van der Waals surface area contributed by atoms with E-state index >= 15 is 0 Å². The summed E-state index contributed by atoms with van der Waals surface area (Å²) in [5.41, 5.74) is 2.94. The van der Waals surface area contributed by atoms with Crippen LogP contribution in [-0.2, 0) is 17.8 Å². The van der Waals surface area contributed by atoms with Gasteiger partial charge in [0.05, 0.1) is 18.8 Å². The number of hydrogen-bond acceptors (Lipinski definition) is 6. The van der Waals surface area contributed by atoms with Crippen molar-refractivity contribution in [3.05, 3.63) is 100 Å². The molecule has 0 unspecified atom stereocenters. The van der Waals surface area contributed by atoms with Gasteiger partial charge in [0.1, 0.15) is 30.3 Å². The lowest BCUT2D eigenvalue weighted by Crippen LogP contribution is -2.47. The molecule has 0 bridgehead atoms. The van der Waals surface area contributed by atoms with Crippen LogP contribution in [0.5, 0.6) is 5.75 Å². The Hall–Kier alpha value is -2.94. The fourth-order valence-electron chi connectivity index (χ4n) is 4.48. The minimum atomic E-state index is -1.12. The molecule has 1 aromatic heterocycles. The minimum Gasteiger partial charge on any atom is -0.486 e. The molecule has 1 aliphatic rings. The van der Waals surface area contributed by atoms with Crippen LogP contribution >= 0.6 is 11.6 Å². The molecular weight excluding hydrogens is 487 g/mol. The molecule has 1 saturated heterocycles. The summed E-state index contributed by atoms with van der Waals surface area (Å²) in [5.74, 6) is 0.786. The highest BCUT2D eigenvalue weighted by Crippen LogP contribution is 2.34. The van der Waals surface area contributed by atoms with Gasteiger partial charge in [-0.3, -0.25) is 0 Å². The zero-order chi connectivity index (χ0) is 25.2. The first kappa shape index (κ1) is 24.7. The second-order valence-electron chi connectivity index (χ2n) is 8.97. The predicted molar refractivity (Wildman–Crippen MR) is 133 cm³/mol. The maximum absolute atomic E-state index is 13.8. The van der Waals surface area contributed by atoms with Gasteiger partial charge in [0.25, 0.3) is 0 Å². The van der Waals surface area contributed by atoms with Crippen LogP contribution in [0.1, 0.15) is 35.0 Å². The average Bonchev–Trinajstić information content (AvgIpc) is 3.31. The number of hydrogen-bond donors (Lipinski definition) is 3. The summed E-state index contributed by atoms with van der Waals surface area (Å²) >= 11 is 6.45. The topological polar surface area (TPSA) is 92.3 Å². The summed E-state index contributed by atoms with van der Waals surface area (Å²) < 4.78 is 31.0.